The lowest BCUT2D eigenvalue weighted by atomic mass is 10.0. The molecular formula is C22H20Br2N2O6S3. The summed E-state index contributed by atoms with van der Waals surface area (Å²) in [4.78, 5) is -0.474. The third kappa shape index (κ3) is 5.15. The second-order valence-electron chi connectivity index (χ2n) is 7.87. The van der Waals surface area contributed by atoms with Crippen molar-refractivity contribution in [1.29, 1.82) is 0 Å². The van der Waals surface area contributed by atoms with Crippen LogP contribution in [0, 0.1) is 0 Å². The molecule has 1 aliphatic heterocycles. The van der Waals surface area contributed by atoms with Crippen LogP contribution in [0.1, 0.15) is 12.0 Å². The number of halogens is 2. The molecule has 0 saturated carbocycles. The first-order chi connectivity index (χ1) is 16.3. The minimum absolute atomic E-state index is 0.190. The Morgan fingerprint density at radius 2 is 1.23 bits per heavy atom. The van der Waals surface area contributed by atoms with E-state index in [-0.39, 0.29) is 27.7 Å². The van der Waals surface area contributed by atoms with Crippen LogP contribution in [0.15, 0.2) is 85.5 Å². The summed E-state index contributed by atoms with van der Waals surface area (Å²) >= 11 is 6.50. The van der Waals surface area contributed by atoms with Crippen LogP contribution in [0.2, 0.25) is 0 Å². The van der Waals surface area contributed by atoms with Gasteiger partial charge in [-0.3, -0.25) is 4.31 Å². The zero-order valence-electron chi connectivity index (χ0n) is 18.3. The Labute approximate surface area is 222 Å². The van der Waals surface area contributed by atoms with E-state index < -0.39 is 30.1 Å². The molecule has 0 spiro atoms. The second-order valence-corrected chi connectivity index (χ2v) is 15.4. The van der Waals surface area contributed by atoms with E-state index in [4.69, 9.17) is 0 Å². The van der Waals surface area contributed by atoms with Crippen molar-refractivity contribution in [3.05, 3.63) is 81.2 Å². The van der Waals surface area contributed by atoms with Gasteiger partial charge in [0.25, 0.3) is 20.0 Å². The van der Waals surface area contributed by atoms with E-state index in [0.717, 1.165) is 6.26 Å². The molecule has 0 bridgehead atoms. The molecule has 0 fully saturated rings. The maximum Gasteiger partial charge on any atom is 0.277 e. The Kier molecular flexibility index (Phi) is 7.10. The highest BCUT2D eigenvalue weighted by Crippen LogP contribution is 2.37. The topological polar surface area (TPSA) is 109 Å². The number of hydrogen-bond donors (Lipinski definition) is 0. The van der Waals surface area contributed by atoms with Crippen LogP contribution >= 0.6 is 31.9 Å². The molecule has 1 aliphatic rings. The summed E-state index contributed by atoms with van der Waals surface area (Å²) in [7, 11) is -12.9. The number of hydrogen-bond acceptors (Lipinski definition) is 6. The van der Waals surface area contributed by atoms with Crippen LogP contribution < -0.4 is 8.02 Å². The Morgan fingerprint density at radius 3 is 1.69 bits per heavy atom. The van der Waals surface area contributed by atoms with Crippen LogP contribution in [0.3, 0.4) is 0 Å². The van der Waals surface area contributed by atoms with Crippen LogP contribution in [0.5, 0.6) is 0 Å². The molecule has 13 heteroatoms. The highest BCUT2D eigenvalue weighted by atomic mass is 79.9. The third-order valence-electron chi connectivity index (χ3n) is 5.42. The Balaban J connectivity index is 1.97. The van der Waals surface area contributed by atoms with Crippen molar-refractivity contribution in [3.8, 4) is 0 Å². The summed E-state index contributed by atoms with van der Waals surface area (Å²) in [5.41, 5.74) is 0.760. The van der Waals surface area contributed by atoms with Crippen molar-refractivity contribution in [2.24, 2.45) is 0 Å². The highest BCUT2D eigenvalue weighted by molar-refractivity contribution is 9.10. The molecule has 0 unspecified atom stereocenters. The molecule has 3 aromatic rings. The Bertz CT molecular complexity index is 1510. The van der Waals surface area contributed by atoms with Gasteiger partial charge in [-0.15, -0.1) is 0 Å². The quantitative estimate of drug-likeness (QED) is 0.384. The summed E-state index contributed by atoms with van der Waals surface area (Å²) in [5.74, 6) is 0. The second kappa shape index (κ2) is 9.51. The lowest BCUT2D eigenvalue weighted by Gasteiger charge is -2.31. The van der Waals surface area contributed by atoms with Crippen molar-refractivity contribution >= 4 is 73.3 Å². The molecule has 0 N–H and O–H groups in total. The molecule has 0 aliphatic carbocycles. The highest BCUT2D eigenvalue weighted by Gasteiger charge is 2.38. The molecule has 0 aromatic heterocycles. The summed E-state index contributed by atoms with van der Waals surface area (Å²) in [6.07, 6.45) is 2.24. The zero-order valence-corrected chi connectivity index (χ0v) is 23.9. The summed E-state index contributed by atoms with van der Waals surface area (Å²) < 4.78 is 82.6. The van der Waals surface area contributed by atoms with Gasteiger partial charge >= 0.3 is 0 Å². The summed E-state index contributed by atoms with van der Waals surface area (Å²) in [6, 6.07) is 15.4. The fraction of sp³-hybridized carbons (Fsp3) is 0.182. The number of benzene rings is 3. The number of sulfonamides is 3. The third-order valence-corrected chi connectivity index (χ3v) is 11.9. The van der Waals surface area contributed by atoms with Gasteiger partial charge in [0.05, 0.1) is 27.4 Å². The van der Waals surface area contributed by atoms with E-state index >= 15 is 0 Å². The Morgan fingerprint density at radius 1 is 0.743 bits per heavy atom. The van der Waals surface area contributed by atoms with Gasteiger partial charge in [-0.25, -0.2) is 25.3 Å². The lowest BCUT2D eigenvalue weighted by molar-refractivity contribution is 0.584. The standard InChI is InChI=1S/C22H20Br2N2O6S3/c1-33(27,28)25-14-2-3-16-4-9-19(15-22(16)25)26(34(29,30)20-10-5-17(23)6-11-20)35(31,32)21-12-7-18(24)8-13-21/h4-13,15H,2-3,14H2,1H3. The number of rotatable bonds is 6. The fourth-order valence-corrected chi connectivity index (χ4v) is 8.99. The molecule has 0 radical (unpaired) electrons. The molecule has 35 heavy (non-hydrogen) atoms. The molecule has 8 nitrogen and oxygen atoms in total. The van der Waals surface area contributed by atoms with Crippen molar-refractivity contribution in [2.45, 2.75) is 22.6 Å². The molecule has 3 aromatic carbocycles. The van der Waals surface area contributed by atoms with Crippen LogP contribution in [-0.4, -0.2) is 38.1 Å². The van der Waals surface area contributed by atoms with E-state index in [1.165, 1.54) is 65.0 Å². The van der Waals surface area contributed by atoms with Gasteiger partial charge in [-0.05, 0) is 79.1 Å². The van der Waals surface area contributed by atoms with Gasteiger partial charge in [0, 0.05) is 15.5 Å². The van der Waals surface area contributed by atoms with E-state index in [1.807, 2.05) is 0 Å². The molecule has 0 saturated heterocycles. The van der Waals surface area contributed by atoms with Crippen LogP contribution in [-0.2, 0) is 36.5 Å². The van der Waals surface area contributed by atoms with E-state index in [2.05, 4.69) is 31.9 Å². The maximum absolute atomic E-state index is 13.8. The predicted molar refractivity (Wildman–Crippen MR) is 142 cm³/mol. The molecule has 1 heterocycles. The Hall–Kier alpha value is -1.93. The molecule has 0 atom stereocenters. The van der Waals surface area contributed by atoms with E-state index in [0.29, 0.717) is 31.1 Å². The number of fused-ring (bicyclic) bond motifs is 1. The minimum atomic E-state index is -4.62. The van der Waals surface area contributed by atoms with Crippen molar-refractivity contribution < 1.29 is 25.3 Å². The number of anilines is 2. The maximum atomic E-state index is 13.8. The SMILES string of the molecule is CS(=O)(=O)N1CCCc2ccc(N(S(=O)(=O)c3ccc(Br)cc3)S(=O)(=O)c3ccc(Br)cc3)cc21. The molecular weight excluding hydrogens is 644 g/mol. The largest absolute Gasteiger partial charge is 0.277 e. The van der Waals surface area contributed by atoms with Crippen molar-refractivity contribution in [2.75, 3.05) is 20.8 Å². The van der Waals surface area contributed by atoms with E-state index in [1.54, 1.807) is 6.07 Å². The zero-order chi connectivity index (χ0) is 25.6. The van der Waals surface area contributed by atoms with Gasteiger partial charge in [-0.2, -0.15) is 3.71 Å². The first kappa shape index (κ1) is 26.1. The average molecular weight is 664 g/mol. The van der Waals surface area contributed by atoms with Gasteiger partial charge < -0.3 is 0 Å². The van der Waals surface area contributed by atoms with Gasteiger partial charge in [-0.1, -0.05) is 37.9 Å². The minimum Gasteiger partial charge on any atom is -0.270 e. The van der Waals surface area contributed by atoms with Crippen LogP contribution in [0.25, 0.3) is 0 Å². The molecule has 4 rings (SSSR count). The smallest absolute Gasteiger partial charge is 0.270 e. The van der Waals surface area contributed by atoms with Gasteiger partial charge in [0.2, 0.25) is 10.0 Å². The van der Waals surface area contributed by atoms with E-state index in [9.17, 15) is 25.3 Å². The first-order valence-corrected chi connectivity index (χ1v) is 16.6. The number of aryl methyl sites for hydroxylation is 1. The lowest BCUT2D eigenvalue weighted by Crippen LogP contribution is -2.38. The molecule has 0 amide bonds. The average Bonchev–Trinajstić information content (AvgIpc) is 2.78. The first-order valence-electron chi connectivity index (χ1n) is 10.2. The number of nitrogens with zero attached hydrogens (tertiary/aromatic N) is 2. The monoisotopic (exact) mass is 662 g/mol. The predicted octanol–water partition coefficient (Wildman–Crippen LogP) is 4.51. The van der Waals surface area contributed by atoms with Gasteiger partial charge in [0.1, 0.15) is 0 Å². The summed E-state index contributed by atoms with van der Waals surface area (Å²) in [5, 5.41) is 0. The normalized spacial score (nSPS) is 14.4. The van der Waals surface area contributed by atoms with Crippen LogP contribution in [0.4, 0.5) is 11.4 Å². The molecule has 186 valence electrons. The summed E-state index contributed by atoms with van der Waals surface area (Å²) in [6.45, 7) is 0.216. The fourth-order valence-electron chi connectivity index (χ4n) is 3.80. The van der Waals surface area contributed by atoms with Crippen molar-refractivity contribution in [1.82, 2.24) is 0 Å². The van der Waals surface area contributed by atoms with Crippen molar-refractivity contribution in [3.63, 3.8) is 0 Å². The van der Waals surface area contributed by atoms with Gasteiger partial charge in [0.15, 0.2) is 0 Å².